The second-order valence-corrected chi connectivity index (χ2v) is 8.97. The van der Waals surface area contributed by atoms with Crippen molar-refractivity contribution in [1.82, 2.24) is 4.57 Å². The van der Waals surface area contributed by atoms with Gasteiger partial charge < -0.3 is 15.6 Å². The molecule has 2 amide bonds. The molecule has 0 bridgehead atoms. The van der Waals surface area contributed by atoms with Crippen LogP contribution in [0.3, 0.4) is 0 Å². The molecule has 4 rings (SSSR count). The fourth-order valence-electron chi connectivity index (χ4n) is 4.33. The van der Waals surface area contributed by atoms with Gasteiger partial charge in [-0.05, 0) is 56.2 Å². The molecule has 3 aromatic rings. The zero-order chi connectivity index (χ0) is 21.4. The molecule has 0 atom stereocenters. The Bertz CT molecular complexity index is 1220. The first kappa shape index (κ1) is 20.3. The second-order valence-electron chi connectivity index (χ2n) is 7.87. The molecule has 0 fully saturated rings. The number of nitrogens with zero attached hydrogens (tertiary/aromatic N) is 1. The number of fused-ring (bicyclic) bond motifs is 2. The zero-order valence-corrected chi connectivity index (χ0v) is 18.0. The number of amides is 2. The van der Waals surface area contributed by atoms with Gasteiger partial charge in [0.25, 0.3) is 11.5 Å². The number of hydrogen-bond donors (Lipinski definition) is 2. The average Bonchev–Trinajstić information content (AvgIpc) is 3.06. The van der Waals surface area contributed by atoms with Gasteiger partial charge in [0.1, 0.15) is 5.00 Å². The van der Waals surface area contributed by atoms with Gasteiger partial charge >= 0.3 is 0 Å². The molecule has 0 radical (unpaired) electrons. The van der Waals surface area contributed by atoms with E-state index >= 15 is 0 Å². The number of carbonyl (C=O) groups is 2. The van der Waals surface area contributed by atoms with Gasteiger partial charge in [-0.25, -0.2) is 0 Å². The van der Waals surface area contributed by atoms with Crippen LogP contribution in [0.4, 0.5) is 5.00 Å². The highest BCUT2D eigenvalue weighted by atomic mass is 32.1. The highest BCUT2D eigenvalue weighted by Crippen LogP contribution is 2.38. The Morgan fingerprint density at radius 1 is 1.17 bits per heavy atom. The number of pyridine rings is 1. The number of benzene rings is 1. The van der Waals surface area contributed by atoms with Crippen LogP contribution in [0, 0.1) is 13.8 Å². The van der Waals surface area contributed by atoms with Gasteiger partial charge in [0.05, 0.1) is 11.1 Å². The lowest BCUT2D eigenvalue weighted by molar-refractivity contribution is -0.116. The maximum absolute atomic E-state index is 12.7. The Hall–Kier alpha value is -2.93. The summed E-state index contributed by atoms with van der Waals surface area (Å²) in [6.07, 6.45) is 3.99. The molecule has 2 heterocycles. The van der Waals surface area contributed by atoms with Gasteiger partial charge in [-0.1, -0.05) is 18.2 Å². The number of rotatable bonds is 5. The third-order valence-electron chi connectivity index (χ3n) is 5.77. The summed E-state index contributed by atoms with van der Waals surface area (Å²) in [5.74, 6) is -0.730. The molecule has 0 unspecified atom stereocenters. The number of aromatic nitrogens is 1. The molecular formula is C23H25N3O3S. The maximum Gasteiger partial charge on any atom is 0.251 e. The van der Waals surface area contributed by atoms with E-state index in [0.717, 1.165) is 58.2 Å². The SMILES string of the molecule is Cc1cc(=O)n(CCC(=O)Nc2sc3c(c2C(N)=O)CCCC3)c2c(C)cccc12. The molecule has 3 N–H and O–H groups in total. The lowest BCUT2D eigenvalue weighted by Gasteiger charge is -2.14. The lowest BCUT2D eigenvalue weighted by Crippen LogP contribution is -2.24. The van der Waals surface area contributed by atoms with Crippen molar-refractivity contribution in [2.24, 2.45) is 5.73 Å². The summed E-state index contributed by atoms with van der Waals surface area (Å²) in [7, 11) is 0. The number of hydrogen-bond acceptors (Lipinski definition) is 4. The molecule has 7 heteroatoms. The third kappa shape index (κ3) is 3.65. The number of nitrogens with one attached hydrogen (secondary N) is 1. The normalized spacial score (nSPS) is 13.3. The number of primary amides is 1. The van der Waals surface area contributed by atoms with Gasteiger partial charge in [0.2, 0.25) is 5.91 Å². The number of nitrogens with two attached hydrogens (primary N) is 1. The standard InChI is InChI=1S/C23H25N3O3S/c1-13-6-5-8-15-14(2)12-19(28)26(21(13)15)11-10-18(27)25-23-20(22(24)29)16-7-3-4-9-17(16)30-23/h5-6,8,12H,3-4,7,9-11H2,1-2H3,(H2,24,29)(H,25,27). The summed E-state index contributed by atoms with van der Waals surface area (Å²) in [4.78, 5) is 38.5. The monoisotopic (exact) mass is 423 g/mol. The first-order valence-corrected chi connectivity index (χ1v) is 11.0. The van der Waals surface area contributed by atoms with Crippen molar-refractivity contribution in [3.63, 3.8) is 0 Å². The Labute approximate surface area is 178 Å². The highest BCUT2D eigenvalue weighted by Gasteiger charge is 2.25. The average molecular weight is 424 g/mol. The fourth-order valence-corrected chi connectivity index (χ4v) is 5.64. The van der Waals surface area contributed by atoms with Crippen molar-refractivity contribution in [3.05, 3.63) is 61.8 Å². The largest absolute Gasteiger partial charge is 0.365 e. The molecule has 1 aromatic carbocycles. The minimum absolute atomic E-state index is 0.119. The van der Waals surface area contributed by atoms with E-state index in [2.05, 4.69) is 5.32 Å². The molecule has 0 saturated carbocycles. The maximum atomic E-state index is 12.7. The third-order valence-corrected chi connectivity index (χ3v) is 6.98. The number of para-hydroxylation sites is 1. The van der Waals surface area contributed by atoms with E-state index in [1.807, 2.05) is 32.0 Å². The van der Waals surface area contributed by atoms with Crippen molar-refractivity contribution >= 4 is 39.1 Å². The Balaban J connectivity index is 1.58. The van der Waals surface area contributed by atoms with Crippen LogP contribution in [0.15, 0.2) is 29.1 Å². The van der Waals surface area contributed by atoms with Gasteiger partial charge in [0, 0.05) is 29.3 Å². The predicted octanol–water partition coefficient (Wildman–Crippen LogP) is 3.69. The molecule has 1 aliphatic rings. The van der Waals surface area contributed by atoms with E-state index < -0.39 is 5.91 Å². The second kappa shape index (κ2) is 8.07. The summed E-state index contributed by atoms with van der Waals surface area (Å²) in [5.41, 5.74) is 9.72. The Morgan fingerprint density at radius 3 is 2.70 bits per heavy atom. The summed E-state index contributed by atoms with van der Waals surface area (Å²) >= 11 is 1.45. The number of carbonyl (C=O) groups excluding carboxylic acids is 2. The van der Waals surface area contributed by atoms with Crippen molar-refractivity contribution in [2.75, 3.05) is 5.32 Å². The molecule has 1 aliphatic carbocycles. The highest BCUT2D eigenvalue weighted by molar-refractivity contribution is 7.17. The molecule has 30 heavy (non-hydrogen) atoms. The van der Waals surface area contributed by atoms with E-state index in [4.69, 9.17) is 5.73 Å². The van der Waals surface area contributed by atoms with Gasteiger partial charge in [-0.3, -0.25) is 14.4 Å². The van der Waals surface area contributed by atoms with Crippen LogP contribution in [0.2, 0.25) is 0 Å². The molecular weight excluding hydrogens is 398 g/mol. The summed E-state index contributed by atoms with van der Waals surface area (Å²) in [6, 6.07) is 7.53. The first-order chi connectivity index (χ1) is 14.4. The van der Waals surface area contributed by atoms with Crippen LogP contribution in [0.25, 0.3) is 10.9 Å². The molecule has 0 saturated heterocycles. The summed E-state index contributed by atoms with van der Waals surface area (Å²) in [5, 5.41) is 4.43. The van der Waals surface area contributed by atoms with E-state index in [0.29, 0.717) is 10.6 Å². The first-order valence-electron chi connectivity index (χ1n) is 10.2. The summed E-state index contributed by atoms with van der Waals surface area (Å²) < 4.78 is 1.66. The van der Waals surface area contributed by atoms with Crippen LogP contribution < -0.4 is 16.6 Å². The van der Waals surface area contributed by atoms with Crippen LogP contribution >= 0.6 is 11.3 Å². The quantitative estimate of drug-likeness (QED) is 0.655. The van der Waals surface area contributed by atoms with Crippen LogP contribution in [0.1, 0.15) is 51.2 Å². The number of aryl methyl sites for hydroxylation is 4. The van der Waals surface area contributed by atoms with E-state index in [1.54, 1.807) is 10.6 Å². The lowest BCUT2D eigenvalue weighted by atomic mass is 9.95. The molecule has 6 nitrogen and oxygen atoms in total. The summed E-state index contributed by atoms with van der Waals surface area (Å²) in [6.45, 7) is 4.15. The van der Waals surface area contributed by atoms with E-state index in [-0.39, 0.29) is 24.4 Å². The fraction of sp³-hybridized carbons (Fsp3) is 0.348. The van der Waals surface area contributed by atoms with E-state index in [9.17, 15) is 14.4 Å². The topological polar surface area (TPSA) is 94.2 Å². The molecule has 0 aliphatic heterocycles. The minimum atomic E-state index is -0.499. The van der Waals surface area contributed by atoms with Gasteiger partial charge in [-0.2, -0.15) is 0 Å². The van der Waals surface area contributed by atoms with Crippen LogP contribution in [0.5, 0.6) is 0 Å². The number of anilines is 1. The van der Waals surface area contributed by atoms with Gasteiger partial charge in [0.15, 0.2) is 0 Å². The zero-order valence-electron chi connectivity index (χ0n) is 17.2. The smallest absolute Gasteiger partial charge is 0.251 e. The van der Waals surface area contributed by atoms with Crippen molar-refractivity contribution in [3.8, 4) is 0 Å². The molecule has 0 spiro atoms. The predicted molar refractivity (Wildman–Crippen MR) is 120 cm³/mol. The Kier molecular flexibility index (Phi) is 5.47. The van der Waals surface area contributed by atoms with Crippen molar-refractivity contribution < 1.29 is 9.59 Å². The minimum Gasteiger partial charge on any atom is -0.365 e. The Morgan fingerprint density at radius 2 is 1.93 bits per heavy atom. The molecule has 156 valence electrons. The molecule has 2 aromatic heterocycles. The number of thiophene rings is 1. The van der Waals surface area contributed by atoms with Crippen LogP contribution in [-0.2, 0) is 24.2 Å². The van der Waals surface area contributed by atoms with Crippen LogP contribution in [-0.4, -0.2) is 16.4 Å². The van der Waals surface area contributed by atoms with Crippen molar-refractivity contribution in [1.29, 1.82) is 0 Å². The van der Waals surface area contributed by atoms with E-state index in [1.165, 1.54) is 11.3 Å². The van der Waals surface area contributed by atoms with Gasteiger partial charge in [-0.15, -0.1) is 11.3 Å². The van der Waals surface area contributed by atoms with Crippen molar-refractivity contribution in [2.45, 2.75) is 52.5 Å².